The molecule has 0 N–H and O–H groups in total. The summed E-state index contributed by atoms with van der Waals surface area (Å²) in [5.41, 5.74) is 8.21. The second-order valence-corrected chi connectivity index (χ2v) is 4.24. The van der Waals surface area contributed by atoms with E-state index in [-0.39, 0.29) is 0 Å². The SMILES string of the molecule is [N-]=[N+]=NCc1sc2ccccc2c1Cl. The van der Waals surface area contributed by atoms with Crippen LogP contribution in [0.5, 0.6) is 0 Å². The number of nitrogens with zero attached hydrogens (tertiary/aromatic N) is 3. The predicted octanol–water partition coefficient (Wildman–Crippen LogP) is 4.37. The maximum atomic E-state index is 8.21. The van der Waals surface area contributed by atoms with Gasteiger partial charge in [-0.15, -0.1) is 11.3 Å². The summed E-state index contributed by atoms with van der Waals surface area (Å²) in [4.78, 5) is 3.64. The molecule has 2 aromatic rings. The summed E-state index contributed by atoms with van der Waals surface area (Å²) in [6.45, 7) is 0.328. The van der Waals surface area contributed by atoms with Crippen LogP contribution >= 0.6 is 22.9 Å². The van der Waals surface area contributed by atoms with Gasteiger partial charge in [0.2, 0.25) is 0 Å². The van der Waals surface area contributed by atoms with E-state index in [1.165, 1.54) is 0 Å². The van der Waals surface area contributed by atoms with Crippen LogP contribution in [0.3, 0.4) is 0 Å². The van der Waals surface area contributed by atoms with Crippen molar-refractivity contribution in [1.29, 1.82) is 0 Å². The molecule has 2 rings (SSSR count). The number of benzene rings is 1. The molecule has 5 heteroatoms. The van der Waals surface area contributed by atoms with Crippen LogP contribution in [0, 0.1) is 0 Å². The zero-order valence-electron chi connectivity index (χ0n) is 7.14. The summed E-state index contributed by atoms with van der Waals surface area (Å²) in [5, 5.41) is 5.24. The first kappa shape index (κ1) is 9.34. The molecule has 0 radical (unpaired) electrons. The summed E-state index contributed by atoms with van der Waals surface area (Å²) in [5.74, 6) is 0. The van der Waals surface area contributed by atoms with Crippen LogP contribution in [-0.2, 0) is 6.54 Å². The summed E-state index contributed by atoms with van der Waals surface area (Å²) in [6.07, 6.45) is 0. The van der Waals surface area contributed by atoms with Gasteiger partial charge in [0.15, 0.2) is 0 Å². The van der Waals surface area contributed by atoms with Crippen molar-refractivity contribution < 1.29 is 0 Å². The molecule has 0 bridgehead atoms. The van der Waals surface area contributed by atoms with Crippen LogP contribution in [0.1, 0.15) is 4.88 Å². The summed E-state index contributed by atoms with van der Waals surface area (Å²) in [7, 11) is 0. The highest BCUT2D eigenvalue weighted by Gasteiger charge is 2.07. The van der Waals surface area contributed by atoms with Crippen LogP contribution in [-0.4, -0.2) is 0 Å². The van der Waals surface area contributed by atoms with Crippen LogP contribution in [0.2, 0.25) is 5.02 Å². The van der Waals surface area contributed by atoms with Crippen molar-refractivity contribution in [2.75, 3.05) is 0 Å². The van der Waals surface area contributed by atoms with E-state index in [0.29, 0.717) is 11.6 Å². The number of halogens is 1. The van der Waals surface area contributed by atoms with Gasteiger partial charge in [0.1, 0.15) is 0 Å². The monoisotopic (exact) mass is 223 g/mol. The molecule has 14 heavy (non-hydrogen) atoms. The van der Waals surface area contributed by atoms with Crippen molar-refractivity contribution in [1.82, 2.24) is 0 Å². The van der Waals surface area contributed by atoms with E-state index in [9.17, 15) is 0 Å². The lowest BCUT2D eigenvalue weighted by atomic mass is 10.2. The molecule has 0 fully saturated rings. The Balaban J connectivity index is 2.56. The number of hydrogen-bond donors (Lipinski definition) is 0. The minimum Gasteiger partial charge on any atom is -0.139 e. The fourth-order valence-electron chi connectivity index (χ4n) is 1.26. The zero-order valence-corrected chi connectivity index (χ0v) is 8.72. The van der Waals surface area contributed by atoms with Gasteiger partial charge < -0.3 is 0 Å². The van der Waals surface area contributed by atoms with Crippen molar-refractivity contribution in [2.24, 2.45) is 5.11 Å². The van der Waals surface area contributed by atoms with Crippen molar-refractivity contribution in [2.45, 2.75) is 6.54 Å². The first-order chi connectivity index (χ1) is 6.83. The van der Waals surface area contributed by atoms with Crippen LogP contribution in [0.4, 0.5) is 0 Å². The highest BCUT2D eigenvalue weighted by molar-refractivity contribution is 7.19. The normalized spacial score (nSPS) is 10.1. The van der Waals surface area contributed by atoms with Gasteiger partial charge in [0.25, 0.3) is 0 Å². The fraction of sp³-hybridized carbons (Fsp3) is 0.111. The van der Waals surface area contributed by atoms with Gasteiger partial charge in [0.05, 0.1) is 11.6 Å². The average Bonchev–Trinajstić information content (AvgIpc) is 2.54. The lowest BCUT2D eigenvalue weighted by molar-refractivity contribution is 1.08. The molecule has 1 aromatic heterocycles. The van der Waals surface area contributed by atoms with E-state index in [0.717, 1.165) is 15.0 Å². The number of azide groups is 1. The van der Waals surface area contributed by atoms with Crippen molar-refractivity contribution in [3.05, 3.63) is 44.6 Å². The Morgan fingerprint density at radius 1 is 1.43 bits per heavy atom. The highest BCUT2D eigenvalue weighted by atomic mass is 35.5. The Morgan fingerprint density at radius 3 is 2.93 bits per heavy atom. The second-order valence-electron chi connectivity index (χ2n) is 2.72. The zero-order chi connectivity index (χ0) is 9.97. The number of fused-ring (bicyclic) bond motifs is 1. The minimum atomic E-state index is 0.328. The number of hydrogen-bond acceptors (Lipinski definition) is 2. The third-order valence-corrected chi connectivity index (χ3v) is 3.58. The molecule has 70 valence electrons. The predicted molar refractivity (Wildman–Crippen MR) is 59.7 cm³/mol. The third-order valence-electron chi connectivity index (χ3n) is 1.88. The van der Waals surface area contributed by atoms with Gasteiger partial charge in [-0.2, -0.15) is 0 Å². The molecule has 0 amide bonds. The largest absolute Gasteiger partial charge is 0.139 e. The molecule has 0 unspecified atom stereocenters. The highest BCUT2D eigenvalue weighted by Crippen LogP contribution is 2.35. The Bertz CT molecular complexity index is 514. The smallest absolute Gasteiger partial charge is 0.0625 e. The third kappa shape index (κ3) is 1.55. The van der Waals surface area contributed by atoms with E-state index < -0.39 is 0 Å². The van der Waals surface area contributed by atoms with Gasteiger partial charge in [-0.25, -0.2) is 0 Å². The molecule has 1 aromatic carbocycles. The molecule has 0 saturated carbocycles. The molecular weight excluding hydrogens is 218 g/mol. The van der Waals surface area contributed by atoms with E-state index in [2.05, 4.69) is 10.0 Å². The Hall–Kier alpha value is -1.22. The first-order valence-corrected chi connectivity index (χ1v) is 5.19. The molecule has 0 aliphatic heterocycles. The summed E-state index contributed by atoms with van der Waals surface area (Å²) < 4.78 is 1.13. The number of rotatable bonds is 2. The maximum absolute atomic E-state index is 8.21. The molecular formula is C9H6ClN3S. The molecule has 3 nitrogen and oxygen atoms in total. The van der Waals surface area contributed by atoms with Gasteiger partial charge in [-0.1, -0.05) is 34.9 Å². The van der Waals surface area contributed by atoms with Gasteiger partial charge in [-0.3, -0.25) is 0 Å². The standard InChI is InChI=1S/C9H6ClN3S/c10-9-6-3-1-2-4-7(6)14-8(9)5-12-13-11/h1-4H,5H2. The molecule has 0 saturated heterocycles. The topological polar surface area (TPSA) is 48.8 Å². The average molecular weight is 224 g/mol. The minimum absolute atomic E-state index is 0.328. The van der Waals surface area contributed by atoms with Gasteiger partial charge >= 0.3 is 0 Å². The van der Waals surface area contributed by atoms with Gasteiger partial charge in [-0.05, 0) is 11.6 Å². The van der Waals surface area contributed by atoms with Crippen molar-refractivity contribution in [3.8, 4) is 0 Å². The number of thiophene rings is 1. The van der Waals surface area contributed by atoms with Gasteiger partial charge in [0, 0.05) is 19.9 Å². The summed E-state index contributed by atoms with van der Waals surface area (Å²) >= 11 is 7.69. The lowest BCUT2D eigenvalue weighted by Crippen LogP contribution is -1.71. The molecule has 0 aliphatic rings. The van der Waals surface area contributed by atoms with E-state index >= 15 is 0 Å². The molecule has 0 aliphatic carbocycles. The Labute approximate surface area is 89.6 Å². The maximum Gasteiger partial charge on any atom is 0.0625 e. The fourth-order valence-corrected chi connectivity index (χ4v) is 2.67. The van der Waals surface area contributed by atoms with E-state index in [4.69, 9.17) is 17.1 Å². The Kier molecular flexibility index (Phi) is 2.59. The quantitative estimate of drug-likeness (QED) is 0.413. The van der Waals surface area contributed by atoms with Crippen LogP contribution in [0.25, 0.3) is 20.5 Å². The first-order valence-electron chi connectivity index (χ1n) is 3.99. The van der Waals surface area contributed by atoms with Crippen molar-refractivity contribution >= 4 is 33.0 Å². The second kappa shape index (κ2) is 3.88. The van der Waals surface area contributed by atoms with E-state index in [1.54, 1.807) is 11.3 Å². The lowest BCUT2D eigenvalue weighted by Gasteiger charge is -1.89. The van der Waals surface area contributed by atoms with Crippen molar-refractivity contribution in [3.63, 3.8) is 0 Å². The molecule has 0 atom stereocenters. The molecule has 1 heterocycles. The summed E-state index contributed by atoms with van der Waals surface area (Å²) in [6, 6.07) is 7.88. The van der Waals surface area contributed by atoms with Crippen LogP contribution < -0.4 is 0 Å². The molecule has 0 spiro atoms. The Morgan fingerprint density at radius 2 is 2.21 bits per heavy atom. The van der Waals surface area contributed by atoms with Crippen LogP contribution in [0.15, 0.2) is 29.4 Å². The van der Waals surface area contributed by atoms with E-state index in [1.807, 2.05) is 24.3 Å².